The molecule has 0 aliphatic heterocycles. The molecule has 1 N–H and O–H groups in total. The minimum absolute atomic E-state index is 0.0869. The Kier molecular flexibility index (Phi) is 10.8. The second-order valence-corrected chi connectivity index (χ2v) is 13.8. The summed E-state index contributed by atoms with van der Waals surface area (Å²) in [5.74, 6) is -0.775. The summed E-state index contributed by atoms with van der Waals surface area (Å²) in [4.78, 5) is 30.1. The van der Waals surface area contributed by atoms with Gasteiger partial charge in [-0.15, -0.1) is 0 Å². The van der Waals surface area contributed by atoms with Crippen molar-refractivity contribution in [2.45, 2.75) is 71.5 Å². The summed E-state index contributed by atoms with van der Waals surface area (Å²) in [7, 11) is -4.15. The number of sulfonamides is 1. The number of hydrogen-bond donors (Lipinski definition) is 1. The lowest BCUT2D eigenvalue weighted by molar-refractivity contribution is -0.140. The zero-order valence-electron chi connectivity index (χ0n) is 26.9. The van der Waals surface area contributed by atoms with Crippen molar-refractivity contribution in [3.63, 3.8) is 0 Å². The van der Waals surface area contributed by atoms with E-state index in [1.807, 2.05) is 102 Å². The average Bonchev–Trinajstić information content (AvgIpc) is 2.98. The molecule has 4 aromatic rings. The van der Waals surface area contributed by atoms with Crippen molar-refractivity contribution >= 4 is 27.5 Å². The molecular formula is C37H43N3O4S. The Labute approximate surface area is 268 Å². The number of hydrogen-bond acceptors (Lipinski definition) is 4. The molecule has 0 aliphatic rings. The highest BCUT2D eigenvalue weighted by Crippen LogP contribution is 2.27. The number of benzene rings is 4. The molecule has 0 aliphatic carbocycles. The number of nitrogens with zero attached hydrogens (tertiary/aromatic N) is 2. The van der Waals surface area contributed by atoms with E-state index in [1.165, 1.54) is 9.21 Å². The normalized spacial score (nSPS) is 12.1. The summed E-state index contributed by atoms with van der Waals surface area (Å²) in [5.41, 5.74) is 5.79. The first-order valence-electron chi connectivity index (χ1n) is 15.2. The van der Waals surface area contributed by atoms with Gasteiger partial charge in [0.1, 0.15) is 12.6 Å². The molecule has 0 bridgehead atoms. The van der Waals surface area contributed by atoms with Crippen molar-refractivity contribution in [3.05, 3.63) is 130 Å². The van der Waals surface area contributed by atoms with Crippen LogP contribution < -0.4 is 9.62 Å². The first-order chi connectivity index (χ1) is 21.3. The zero-order valence-corrected chi connectivity index (χ0v) is 27.8. The number of anilines is 1. The van der Waals surface area contributed by atoms with Crippen LogP contribution in [0.1, 0.15) is 47.2 Å². The monoisotopic (exact) mass is 625 g/mol. The van der Waals surface area contributed by atoms with E-state index >= 15 is 0 Å². The van der Waals surface area contributed by atoms with Crippen molar-refractivity contribution in [1.29, 1.82) is 0 Å². The first kappa shape index (κ1) is 33.5. The van der Waals surface area contributed by atoms with Gasteiger partial charge in [-0.05, 0) is 93.6 Å². The summed E-state index contributed by atoms with van der Waals surface area (Å²) >= 11 is 0. The fourth-order valence-electron chi connectivity index (χ4n) is 5.37. The molecule has 0 saturated heterocycles. The van der Waals surface area contributed by atoms with Gasteiger partial charge in [-0.25, -0.2) is 8.42 Å². The Morgan fingerprint density at radius 3 is 1.96 bits per heavy atom. The quantitative estimate of drug-likeness (QED) is 0.201. The number of amides is 2. The second kappa shape index (κ2) is 14.6. The van der Waals surface area contributed by atoms with Gasteiger partial charge in [0, 0.05) is 19.0 Å². The minimum atomic E-state index is -4.15. The highest BCUT2D eigenvalue weighted by atomic mass is 32.2. The smallest absolute Gasteiger partial charge is 0.264 e. The summed E-state index contributed by atoms with van der Waals surface area (Å²) in [6.45, 7) is 11.0. The molecule has 1 atom stereocenters. The molecule has 8 heteroatoms. The van der Waals surface area contributed by atoms with Gasteiger partial charge in [-0.1, -0.05) is 78.4 Å². The van der Waals surface area contributed by atoms with Gasteiger partial charge in [0.15, 0.2) is 0 Å². The van der Waals surface area contributed by atoms with Crippen LogP contribution in [0.4, 0.5) is 5.69 Å². The Bertz CT molecular complexity index is 1720. The number of aryl methyl sites for hydroxylation is 4. The van der Waals surface area contributed by atoms with Gasteiger partial charge in [-0.3, -0.25) is 13.9 Å². The summed E-state index contributed by atoms with van der Waals surface area (Å²) in [6, 6.07) is 28.3. The standard InChI is InChI=1S/C37H43N3O4S/c1-26(2)38-37(42)35(23-31-13-8-7-9-14-31)39(24-32-15-11-10-12-30(32)6)36(41)25-40(33-21-28(4)20-29(5)22-33)45(43,44)34-18-16-27(3)17-19-34/h7-22,26,35H,23-25H2,1-6H3,(H,38,42)/t35-/m1/s1. The van der Waals surface area contributed by atoms with Crippen LogP contribution in [-0.2, 0) is 32.6 Å². The van der Waals surface area contributed by atoms with Gasteiger partial charge in [-0.2, -0.15) is 0 Å². The predicted octanol–water partition coefficient (Wildman–Crippen LogP) is 6.28. The summed E-state index contributed by atoms with van der Waals surface area (Å²) in [5, 5.41) is 3.00. The lowest BCUT2D eigenvalue weighted by Gasteiger charge is -2.34. The molecule has 0 aromatic heterocycles. The topological polar surface area (TPSA) is 86.8 Å². The zero-order chi connectivity index (χ0) is 32.7. The molecule has 2 amide bonds. The van der Waals surface area contributed by atoms with E-state index in [2.05, 4.69) is 5.32 Å². The van der Waals surface area contributed by atoms with E-state index in [0.717, 1.165) is 33.4 Å². The Balaban J connectivity index is 1.84. The van der Waals surface area contributed by atoms with E-state index in [-0.39, 0.29) is 29.8 Å². The molecule has 0 fully saturated rings. The minimum Gasteiger partial charge on any atom is -0.352 e. The molecule has 45 heavy (non-hydrogen) atoms. The van der Waals surface area contributed by atoms with E-state index in [9.17, 15) is 18.0 Å². The van der Waals surface area contributed by atoms with Crippen LogP contribution in [0.5, 0.6) is 0 Å². The second-order valence-electron chi connectivity index (χ2n) is 12.0. The molecular weight excluding hydrogens is 582 g/mol. The Hall–Kier alpha value is -4.43. The molecule has 0 unspecified atom stereocenters. The van der Waals surface area contributed by atoms with Crippen LogP contribution in [0.2, 0.25) is 0 Å². The van der Waals surface area contributed by atoms with Gasteiger partial charge >= 0.3 is 0 Å². The van der Waals surface area contributed by atoms with Crippen LogP contribution in [-0.4, -0.2) is 43.8 Å². The SMILES string of the molecule is Cc1ccc(S(=O)(=O)N(CC(=O)N(Cc2ccccc2C)[C@H](Cc2ccccc2)C(=O)NC(C)C)c2cc(C)cc(C)c2)cc1. The highest BCUT2D eigenvalue weighted by molar-refractivity contribution is 7.92. The van der Waals surface area contributed by atoms with Crippen molar-refractivity contribution < 1.29 is 18.0 Å². The number of carbonyl (C=O) groups excluding carboxylic acids is 2. The number of nitrogens with one attached hydrogen (secondary N) is 1. The van der Waals surface area contributed by atoms with Crippen molar-refractivity contribution in [1.82, 2.24) is 10.2 Å². The maximum Gasteiger partial charge on any atom is 0.264 e. The first-order valence-corrected chi connectivity index (χ1v) is 16.6. The predicted molar refractivity (Wildman–Crippen MR) is 181 cm³/mol. The van der Waals surface area contributed by atoms with Crippen molar-refractivity contribution in [2.24, 2.45) is 0 Å². The maximum absolute atomic E-state index is 14.6. The number of rotatable bonds is 12. The fraction of sp³-hybridized carbons (Fsp3) is 0.297. The fourth-order valence-corrected chi connectivity index (χ4v) is 6.76. The van der Waals surface area contributed by atoms with E-state index < -0.39 is 28.5 Å². The lowest BCUT2D eigenvalue weighted by atomic mass is 10.0. The van der Waals surface area contributed by atoms with Crippen LogP contribution in [0.15, 0.2) is 102 Å². The van der Waals surface area contributed by atoms with E-state index in [0.29, 0.717) is 5.69 Å². The van der Waals surface area contributed by atoms with Crippen LogP contribution in [0.25, 0.3) is 0 Å². The molecule has 4 rings (SSSR count). The van der Waals surface area contributed by atoms with Crippen molar-refractivity contribution in [2.75, 3.05) is 10.8 Å². The van der Waals surface area contributed by atoms with Gasteiger partial charge in [0.25, 0.3) is 10.0 Å². The van der Waals surface area contributed by atoms with Crippen LogP contribution in [0, 0.1) is 27.7 Å². The van der Waals surface area contributed by atoms with Gasteiger partial charge in [0.2, 0.25) is 11.8 Å². The summed E-state index contributed by atoms with van der Waals surface area (Å²) in [6.07, 6.45) is 0.269. The highest BCUT2D eigenvalue weighted by Gasteiger charge is 2.35. The average molecular weight is 626 g/mol. The van der Waals surface area contributed by atoms with Crippen molar-refractivity contribution in [3.8, 4) is 0 Å². The Morgan fingerprint density at radius 2 is 1.36 bits per heavy atom. The maximum atomic E-state index is 14.6. The third-order valence-corrected chi connectivity index (χ3v) is 9.47. The van der Waals surface area contributed by atoms with Gasteiger partial charge in [0.05, 0.1) is 10.6 Å². The van der Waals surface area contributed by atoms with E-state index in [1.54, 1.807) is 36.4 Å². The lowest BCUT2D eigenvalue weighted by Crippen LogP contribution is -2.54. The Morgan fingerprint density at radius 1 is 0.756 bits per heavy atom. The van der Waals surface area contributed by atoms with E-state index in [4.69, 9.17) is 0 Å². The molecule has 0 radical (unpaired) electrons. The summed E-state index contributed by atoms with van der Waals surface area (Å²) < 4.78 is 29.7. The third kappa shape index (κ3) is 8.60. The molecule has 0 saturated carbocycles. The van der Waals surface area contributed by atoms with Crippen LogP contribution >= 0.6 is 0 Å². The molecule has 0 heterocycles. The van der Waals surface area contributed by atoms with Gasteiger partial charge < -0.3 is 10.2 Å². The largest absolute Gasteiger partial charge is 0.352 e. The molecule has 4 aromatic carbocycles. The third-order valence-electron chi connectivity index (χ3n) is 7.69. The molecule has 0 spiro atoms. The molecule has 236 valence electrons. The number of carbonyl (C=O) groups is 2. The molecule has 7 nitrogen and oxygen atoms in total. The van der Waals surface area contributed by atoms with Crippen LogP contribution in [0.3, 0.4) is 0 Å².